The smallest absolute Gasteiger partial charge is 0.282 e. The molecule has 0 radical (unpaired) electrons. The van der Waals surface area contributed by atoms with Crippen molar-refractivity contribution in [3.63, 3.8) is 0 Å². The molecule has 0 unspecified atom stereocenters. The van der Waals surface area contributed by atoms with Crippen LogP contribution < -0.4 is 15.0 Å². The lowest BCUT2D eigenvalue weighted by atomic mass is 10.0. The Labute approximate surface area is 198 Å². The van der Waals surface area contributed by atoms with Crippen LogP contribution in [0.3, 0.4) is 0 Å². The Bertz CT molecular complexity index is 1230. The van der Waals surface area contributed by atoms with Crippen LogP contribution in [-0.2, 0) is 9.59 Å². The van der Waals surface area contributed by atoms with E-state index in [9.17, 15) is 14.0 Å². The zero-order valence-corrected chi connectivity index (χ0v) is 19.5. The highest BCUT2D eigenvalue weighted by molar-refractivity contribution is 6.46. The van der Waals surface area contributed by atoms with Crippen LogP contribution >= 0.6 is 0 Å². The van der Waals surface area contributed by atoms with Crippen LogP contribution in [-0.4, -0.2) is 18.4 Å². The van der Waals surface area contributed by atoms with Gasteiger partial charge in [-0.25, -0.2) is 9.29 Å². The molecule has 0 saturated heterocycles. The Morgan fingerprint density at radius 1 is 0.941 bits per heavy atom. The van der Waals surface area contributed by atoms with Crippen LogP contribution in [0.2, 0.25) is 0 Å². The number of nitrogens with one attached hydrogen (secondary N) is 1. The summed E-state index contributed by atoms with van der Waals surface area (Å²) in [5, 5.41) is 3.14. The zero-order chi connectivity index (χ0) is 24.2. The number of hydrogen-bond donors (Lipinski definition) is 1. The topological polar surface area (TPSA) is 58.6 Å². The minimum Gasteiger partial charge on any atom is -0.494 e. The van der Waals surface area contributed by atoms with E-state index in [4.69, 9.17) is 4.74 Å². The van der Waals surface area contributed by atoms with Crippen LogP contribution in [0.25, 0.3) is 5.57 Å². The number of halogens is 1. The van der Waals surface area contributed by atoms with Crippen LogP contribution in [0.15, 0.2) is 78.5 Å². The van der Waals surface area contributed by atoms with Crippen molar-refractivity contribution in [2.24, 2.45) is 0 Å². The van der Waals surface area contributed by atoms with E-state index in [2.05, 4.69) is 19.2 Å². The molecule has 0 aliphatic carbocycles. The lowest BCUT2D eigenvalue weighted by Gasteiger charge is -2.17. The van der Waals surface area contributed by atoms with Gasteiger partial charge >= 0.3 is 0 Å². The van der Waals surface area contributed by atoms with E-state index in [1.54, 1.807) is 24.3 Å². The quantitative estimate of drug-likeness (QED) is 0.412. The fourth-order valence-corrected chi connectivity index (χ4v) is 3.79. The monoisotopic (exact) mass is 458 g/mol. The number of carbonyl (C=O) groups is 2. The van der Waals surface area contributed by atoms with E-state index < -0.39 is 17.6 Å². The van der Waals surface area contributed by atoms with Gasteiger partial charge in [0.2, 0.25) is 0 Å². The van der Waals surface area contributed by atoms with E-state index in [0.717, 1.165) is 16.9 Å². The second kappa shape index (κ2) is 9.91. The van der Waals surface area contributed by atoms with Crippen molar-refractivity contribution >= 4 is 28.8 Å². The molecule has 0 saturated carbocycles. The van der Waals surface area contributed by atoms with Gasteiger partial charge in [-0.05, 0) is 59.9 Å². The van der Waals surface area contributed by atoms with Crippen molar-refractivity contribution < 1.29 is 18.7 Å². The molecular formula is C28H27FN2O3. The number of benzene rings is 3. The molecule has 0 aromatic heterocycles. The molecule has 1 heterocycles. The fourth-order valence-electron chi connectivity index (χ4n) is 3.79. The summed E-state index contributed by atoms with van der Waals surface area (Å²) in [4.78, 5) is 28.2. The highest BCUT2D eigenvalue weighted by atomic mass is 19.1. The van der Waals surface area contributed by atoms with Gasteiger partial charge in [-0.2, -0.15) is 0 Å². The Morgan fingerprint density at radius 3 is 2.29 bits per heavy atom. The predicted molar refractivity (Wildman–Crippen MR) is 132 cm³/mol. The Balaban J connectivity index is 1.74. The van der Waals surface area contributed by atoms with E-state index in [-0.39, 0.29) is 11.3 Å². The zero-order valence-electron chi connectivity index (χ0n) is 19.5. The minimum absolute atomic E-state index is 0.147. The Morgan fingerprint density at radius 2 is 1.65 bits per heavy atom. The minimum atomic E-state index is -0.482. The highest BCUT2D eigenvalue weighted by Gasteiger charge is 2.40. The average molecular weight is 459 g/mol. The lowest BCUT2D eigenvalue weighted by Crippen LogP contribution is -2.32. The number of ether oxygens (including phenoxy) is 1. The van der Waals surface area contributed by atoms with Gasteiger partial charge in [0.05, 0.1) is 17.9 Å². The van der Waals surface area contributed by atoms with Gasteiger partial charge in [0.15, 0.2) is 0 Å². The number of hydrogen-bond acceptors (Lipinski definition) is 4. The number of nitrogens with zero attached hydrogens (tertiary/aromatic N) is 1. The van der Waals surface area contributed by atoms with Crippen LogP contribution in [0.1, 0.15) is 44.2 Å². The number of rotatable bonds is 8. The van der Waals surface area contributed by atoms with Crippen molar-refractivity contribution in [3.05, 3.63) is 95.4 Å². The molecule has 0 fully saturated rings. The van der Waals surface area contributed by atoms with E-state index >= 15 is 0 Å². The molecule has 0 spiro atoms. The summed E-state index contributed by atoms with van der Waals surface area (Å²) in [7, 11) is 0. The van der Waals surface area contributed by atoms with Crippen molar-refractivity contribution in [1.29, 1.82) is 0 Å². The first-order valence-electron chi connectivity index (χ1n) is 11.4. The summed E-state index contributed by atoms with van der Waals surface area (Å²) in [5.41, 5.74) is 3.06. The second-order valence-electron chi connectivity index (χ2n) is 8.45. The molecule has 6 heteroatoms. The fraction of sp³-hybridized carbons (Fsp3) is 0.214. The molecule has 5 nitrogen and oxygen atoms in total. The standard InChI is InChI=1S/C28H27FN2O3/c1-4-16-34-24-7-5-6-23(17-24)31-27(32)25(20-8-12-21(29)13-9-20)26(28(31)33)30-22-14-10-19(11-15-22)18(2)3/h5-15,17-18,30H,4,16H2,1-3H3. The summed E-state index contributed by atoms with van der Waals surface area (Å²) in [5.74, 6) is -0.433. The van der Waals surface area contributed by atoms with Gasteiger partial charge in [-0.3, -0.25) is 9.59 Å². The molecule has 3 aromatic carbocycles. The lowest BCUT2D eigenvalue weighted by molar-refractivity contribution is -0.120. The van der Waals surface area contributed by atoms with E-state index in [1.807, 2.05) is 31.2 Å². The SMILES string of the molecule is CCCOc1cccc(N2C(=O)C(Nc3ccc(C(C)C)cc3)=C(c3ccc(F)cc3)C2=O)c1. The first kappa shape index (κ1) is 23.2. The summed E-state index contributed by atoms with van der Waals surface area (Å²) in [6, 6.07) is 20.2. The maximum absolute atomic E-state index is 13.6. The molecule has 34 heavy (non-hydrogen) atoms. The number of imide groups is 1. The van der Waals surface area contributed by atoms with Crippen molar-refractivity contribution in [2.45, 2.75) is 33.1 Å². The van der Waals surface area contributed by atoms with Gasteiger partial charge in [-0.1, -0.05) is 51.1 Å². The van der Waals surface area contributed by atoms with Crippen LogP contribution in [0, 0.1) is 5.82 Å². The summed E-state index contributed by atoms with van der Waals surface area (Å²) in [6.07, 6.45) is 0.839. The summed E-state index contributed by atoms with van der Waals surface area (Å²) < 4.78 is 19.3. The van der Waals surface area contributed by atoms with Crippen molar-refractivity contribution in [2.75, 3.05) is 16.8 Å². The molecule has 174 valence electrons. The first-order valence-corrected chi connectivity index (χ1v) is 11.4. The molecule has 1 aliphatic rings. The molecule has 1 N–H and O–H groups in total. The molecule has 2 amide bonds. The molecule has 4 rings (SSSR count). The van der Waals surface area contributed by atoms with Gasteiger partial charge in [-0.15, -0.1) is 0 Å². The molecule has 1 aliphatic heterocycles. The van der Waals surface area contributed by atoms with Gasteiger partial charge in [0, 0.05) is 11.8 Å². The van der Waals surface area contributed by atoms with Gasteiger partial charge < -0.3 is 10.1 Å². The third kappa shape index (κ3) is 4.71. The predicted octanol–water partition coefficient (Wildman–Crippen LogP) is 6.13. The number of amides is 2. The molecule has 0 bridgehead atoms. The molecule has 0 atom stereocenters. The third-order valence-corrected chi connectivity index (χ3v) is 5.61. The van der Waals surface area contributed by atoms with Gasteiger partial charge in [0.25, 0.3) is 11.8 Å². The molecule has 3 aromatic rings. The second-order valence-corrected chi connectivity index (χ2v) is 8.45. The first-order chi connectivity index (χ1) is 16.4. The third-order valence-electron chi connectivity index (χ3n) is 5.61. The Hall–Kier alpha value is -3.93. The maximum atomic E-state index is 13.6. The summed E-state index contributed by atoms with van der Waals surface area (Å²) in [6.45, 7) is 6.74. The maximum Gasteiger partial charge on any atom is 0.282 e. The number of anilines is 2. The number of carbonyl (C=O) groups excluding carboxylic acids is 2. The van der Waals surface area contributed by atoms with E-state index in [0.29, 0.717) is 35.2 Å². The normalized spacial score (nSPS) is 13.7. The average Bonchev–Trinajstić information content (AvgIpc) is 3.08. The Kier molecular flexibility index (Phi) is 6.77. The molecular weight excluding hydrogens is 431 g/mol. The van der Waals surface area contributed by atoms with Crippen molar-refractivity contribution in [3.8, 4) is 5.75 Å². The highest BCUT2D eigenvalue weighted by Crippen LogP contribution is 2.35. The van der Waals surface area contributed by atoms with Crippen LogP contribution in [0.5, 0.6) is 5.75 Å². The van der Waals surface area contributed by atoms with Crippen molar-refractivity contribution in [1.82, 2.24) is 0 Å². The largest absolute Gasteiger partial charge is 0.494 e. The van der Waals surface area contributed by atoms with E-state index in [1.165, 1.54) is 24.3 Å². The van der Waals surface area contributed by atoms with Crippen LogP contribution in [0.4, 0.5) is 15.8 Å². The summed E-state index contributed by atoms with van der Waals surface area (Å²) >= 11 is 0. The van der Waals surface area contributed by atoms with Gasteiger partial charge in [0.1, 0.15) is 17.3 Å².